The Balaban J connectivity index is 1.81. The first-order chi connectivity index (χ1) is 9.28. The Hall–Kier alpha value is -0.650. The van der Waals surface area contributed by atoms with Gasteiger partial charge in [0.25, 0.3) is 0 Å². The zero-order valence-electron chi connectivity index (χ0n) is 11.5. The van der Waals surface area contributed by atoms with Gasteiger partial charge in [-0.2, -0.15) is 11.8 Å². The predicted molar refractivity (Wildman–Crippen MR) is 79.3 cm³/mol. The number of nitrogens with zero attached hydrogens (tertiary/aromatic N) is 3. The van der Waals surface area contributed by atoms with Crippen LogP contribution < -0.4 is 5.73 Å². The minimum atomic E-state index is 0.385. The van der Waals surface area contributed by atoms with Gasteiger partial charge in [0.05, 0.1) is 6.04 Å². The molecule has 1 fully saturated rings. The van der Waals surface area contributed by atoms with E-state index in [-0.39, 0.29) is 0 Å². The van der Waals surface area contributed by atoms with E-state index in [0.29, 0.717) is 12.0 Å². The van der Waals surface area contributed by atoms with Crippen molar-refractivity contribution in [3.05, 3.63) is 23.3 Å². The van der Waals surface area contributed by atoms with E-state index in [0.717, 1.165) is 37.5 Å². The van der Waals surface area contributed by atoms with Gasteiger partial charge in [-0.1, -0.05) is 0 Å². The topological polar surface area (TPSA) is 55.0 Å². The molecule has 104 valence electrons. The van der Waals surface area contributed by atoms with E-state index in [1.807, 2.05) is 18.0 Å². The van der Waals surface area contributed by atoms with Crippen molar-refractivity contribution in [2.45, 2.75) is 25.3 Å². The van der Waals surface area contributed by atoms with Gasteiger partial charge in [0, 0.05) is 29.9 Å². The maximum Gasteiger partial charge on any atom is 0.146 e. The summed E-state index contributed by atoms with van der Waals surface area (Å²) < 4.78 is 0. The second kappa shape index (κ2) is 5.77. The summed E-state index contributed by atoms with van der Waals surface area (Å²) >= 11 is 2.00. The number of nitrogens with two attached hydrogens (primary N) is 1. The van der Waals surface area contributed by atoms with E-state index in [4.69, 9.17) is 10.7 Å². The fourth-order valence-electron chi connectivity index (χ4n) is 2.92. The van der Waals surface area contributed by atoms with Crippen LogP contribution in [0.2, 0.25) is 0 Å². The molecule has 1 aromatic rings. The van der Waals surface area contributed by atoms with Gasteiger partial charge in [-0.15, -0.1) is 0 Å². The van der Waals surface area contributed by atoms with Gasteiger partial charge in [-0.05, 0) is 44.3 Å². The minimum absolute atomic E-state index is 0.385. The van der Waals surface area contributed by atoms with Crippen molar-refractivity contribution in [1.82, 2.24) is 14.9 Å². The standard InChI is InChI=1S/C14H22N4S/c1-18-4-5-19-9-13(18)14-16-8-11-6-10(7-15)2-3-12(11)17-14/h8,10,13H,2-7,9,15H2,1H3. The highest BCUT2D eigenvalue weighted by molar-refractivity contribution is 7.99. The third-order valence-electron chi connectivity index (χ3n) is 4.30. The molecular weight excluding hydrogens is 256 g/mol. The van der Waals surface area contributed by atoms with Crippen molar-refractivity contribution >= 4 is 11.8 Å². The molecule has 2 atom stereocenters. The van der Waals surface area contributed by atoms with Crippen molar-refractivity contribution in [1.29, 1.82) is 0 Å². The summed E-state index contributed by atoms with van der Waals surface area (Å²) in [4.78, 5) is 11.9. The van der Waals surface area contributed by atoms with Crippen LogP contribution in [-0.2, 0) is 12.8 Å². The quantitative estimate of drug-likeness (QED) is 0.882. The van der Waals surface area contributed by atoms with Crippen LogP contribution in [0.1, 0.15) is 29.5 Å². The third kappa shape index (κ3) is 2.78. The van der Waals surface area contributed by atoms with Crippen LogP contribution >= 0.6 is 11.8 Å². The highest BCUT2D eigenvalue weighted by atomic mass is 32.2. The van der Waals surface area contributed by atoms with Crippen molar-refractivity contribution < 1.29 is 0 Å². The van der Waals surface area contributed by atoms with Crippen molar-refractivity contribution in [2.24, 2.45) is 11.7 Å². The van der Waals surface area contributed by atoms with E-state index >= 15 is 0 Å². The number of rotatable bonds is 2. The summed E-state index contributed by atoms with van der Waals surface area (Å²) in [6.45, 7) is 1.91. The second-order valence-electron chi connectivity index (χ2n) is 5.62. The lowest BCUT2D eigenvalue weighted by molar-refractivity contribution is 0.263. The molecule has 5 heteroatoms. The average Bonchev–Trinajstić information content (AvgIpc) is 2.46. The summed E-state index contributed by atoms with van der Waals surface area (Å²) in [5.41, 5.74) is 8.35. The Morgan fingerprint density at radius 3 is 3.21 bits per heavy atom. The minimum Gasteiger partial charge on any atom is -0.330 e. The lowest BCUT2D eigenvalue weighted by atomic mass is 9.87. The largest absolute Gasteiger partial charge is 0.330 e. The molecule has 2 unspecified atom stereocenters. The van der Waals surface area contributed by atoms with Crippen molar-refractivity contribution in [3.63, 3.8) is 0 Å². The zero-order chi connectivity index (χ0) is 13.2. The molecule has 1 aliphatic heterocycles. The van der Waals surface area contributed by atoms with Crippen LogP contribution in [0.4, 0.5) is 0 Å². The summed E-state index contributed by atoms with van der Waals surface area (Å²) in [7, 11) is 2.18. The van der Waals surface area contributed by atoms with E-state index in [1.165, 1.54) is 23.4 Å². The summed E-state index contributed by atoms with van der Waals surface area (Å²) in [5.74, 6) is 3.96. The number of hydrogen-bond donors (Lipinski definition) is 1. The van der Waals surface area contributed by atoms with Crippen LogP contribution in [0.5, 0.6) is 0 Å². The maximum atomic E-state index is 5.78. The zero-order valence-corrected chi connectivity index (χ0v) is 12.3. The van der Waals surface area contributed by atoms with E-state index in [1.54, 1.807) is 0 Å². The normalized spacial score (nSPS) is 28.1. The Kier molecular flexibility index (Phi) is 4.05. The molecular formula is C14H22N4S. The molecule has 1 saturated heterocycles. The molecule has 19 heavy (non-hydrogen) atoms. The molecule has 0 amide bonds. The molecule has 0 spiro atoms. The Labute approximate surface area is 119 Å². The fraction of sp³-hybridized carbons (Fsp3) is 0.714. The fourth-order valence-corrected chi connectivity index (χ4v) is 4.13. The van der Waals surface area contributed by atoms with Crippen molar-refractivity contribution in [3.8, 4) is 0 Å². The van der Waals surface area contributed by atoms with Crippen LogP contribution in [0.15, 0.2) is 6.20 Å². The highest BCUT2D eigenvalue weighted by Crippen LogP contribution is 2.28. The summed E-state index contributed by atoms with van der Waals surface area (Å²) in [6.07, 6.45) is 5.35. The molecule has 0 bridgehead atoms. The highest BCUT2D eigenvalue weighted by Gasteiger charge is 2.26. The van der Waals surface area contributed by atoms with E-state index < -0.39 is 0 Å². The number of aryl methyl sites for hydroxylation is 1. The monoisotopic (exact) mass is 278 g/mol. The first kappa shape index (κ1) is 13.3. The van der Waals surface area contributed by atoms with Crippen LogP contribution in [0.3, 0.4) is 0 Å². The Morgan fingerprint density at radius 2 is 2.42 bits per heavy atom. The third-order valence-corrected chi connectivity index (χ3v) is 5.32. The molecule has 0 saturated carbocycles. The smallest absolute Gasteiger partial charge is 0.146 e. The SMILES string of the molecule is CN1CCSCC1c1ncc2c(n1)CCC(CN)C2. The van der Waals surface area contributed by atoms with Gasteiger partial charge in [0.2, 0.25) is 0 Å². The van der Waals surface area contributed by atoms with E-state index in [2.05, 4.69) is 16.9 Å². The van der Waals surface area contributed by atoms with Gasteiger partial charge in [-0.25, -0.2) is 9.97 Å². The predicted octanol–water partition coefficient (Wildman–Crippen LogP) is 1.26. The van der Waals surface area contributed by atoms with Crippen LogP contribution in [-0.4, -0.2) is 46.5 Å². The molecule has 1 aromatic heterocycles. The number of aromatic nitrogens is 2. The molecule has 0 aromatic carbocycles. The average molecular weight is 278 g/mol. The molecule has 4 nitrogen and oxygen atoms in total. The second-order valence-corrected chi connectivity index (χ2v) is 6.77. The van der Waals surface area contributed by atoms with Gasteiger partial charge in [0.1, 0.15) is 5.82 Å². The Morgan fingerprint density at radius 1 is 1.53 bits per heavy atom. The molecule has 2 aliphatic rings. The van der Waals surface area contributed by atoms with E-state index in [9.17, 15) is 0 Å². The number of hydrogen-bond acceptors (Lipinski definition) is 5. The van der Waals surface area contributed by atoms with Gasteiger partial charge in [0.15, 0.2) is 0 Å². The van der Waals surface area contributed by atoms with Gasteiger partial charge < -0.3 is 5.73 Å². The molecule has 0 radical (unpaired) electrons. The van der Waals surface area contributed by atoms with Gasteiger partial charge in [-0.3, -0.25) is 4.90 Å². The summed E-state index contributed by atoms with van der Waals surface area (Å²) in [6, 6.07) is 0.385. The maximum absolute atomic E-state index is 5.78. The molecule has 3 rings (SSSR count). The molecule has 2 N–H and O–H groups in total. The van der Waals surface area contributed by atoms with Crippen LogP contribution in [0.25, 0.3) is 0 Å². The molecule has 1 aliphatic carbocycles. The van der Waals surface area contributed by atoms with Crippen molar-refractivity contribution in [2.75, 3.05) is 31.6 Å². The van der Waals surface area contributed by atoms with Gasteiger partial charge >= 0.3 is 0 Å². The number of thioether (sulfide) groups is 1. The lowest BCUT2D eigenvalue weighted by Gasteiger charge is -2.31. The van der Waals surface area contributed by atoms with Crippen LogP contribution in [0, 0.1) is 5.92 Å². The first-order valence-corrected chi connectivity index (χ1v) is 8.26. The summed E-state index contributed by atoms with van der Waals surface area (Å²) in [5, 5.41) is 0. The lowest BCUT2D eigenvalue weighted by Crippen LogP contribution is -2.34. The first-order valence-electron chi connectivity index (χ1n) is 7.10. The Bertz CT molecular complexity index is 451. The molecule has 2 heterocycles. The number of fused-ring (bicyclic) bond motifs is 1.